The maximum atomic E-state index is 8.98. The predicted octanol–water partition coefficient (Wildman–Crippen LogP) is 2.13. The lowest BCUT2D eigenvalue weighted by Crippen LogP contribution is -2.48. The third-order valence-electron chi connectivity index (χ3n) is 4.28. The monoisotopic (exact) mass is 352 g/mol. The van der Waals surface area contributed by atoms with Crippen LogP contribution in [-0.2, 0) is 12.8 Å². The van der Waals surface area contributed by atoms with Crippen molar-refractivity contribution in [1.82, 2.24) is 20.5 Å². The van der Waals surface area contributed by atoms with Gasteiger partial charge in [0.1, 0.15) is 0 Å². The molecule has 0 aliphatic carbocycles. The molecule has 2 rings (SSSR count). The highest BCUT2D eigenvalue weighted by molar-refractivity contribution is 5.81. The zero-order valence-electron chi connectivity index (χ0n) is 15.7. The van der Waals surface area contributed by atoms with Crippen LogP contribution in [0.1, 0.15) is 18.2 Å². The molecule has 1 unspecified atom stereocenters. The van der Waals surface area contributed by atoms with Crippen molar-refractivity contribution in [1.29, 1.82) is 5.26 Å². The minimum atomic E-state index is 0.153. The molecule has 2 aromatic rings. The lowest BCUT2D eigenvalue weighted by atomic mass is 10.1. The summed E-state index contributed by atoms with van der Waals surface area (Å²) in [4.78, 5) is 9.28. The van der Waals surface area contributed by atoms with Gasteiger partial charge in [0.15, 0.2) is 0 Å². The molecule has 0 aliphatic heterocycles. The molecule has 0 fully saturated rings. The van der Waals surface area contributed by atoms with E-state index in [4.69, 9.17) is 5.26 Å². The Labute approximate surface area is 155 Å². The molecule has 2 atom stereocenters. The number of nitrogens with zero attached hydrogens (tertiary/aromatic N) is 3. The molecule has 138 valence electrons. The second kappa shape index (κ2) is 10.3. The summed E-state index contributed by atoms with van der Waals surface area (Å²) in [7, 11) is 4.13. The van der Waals surface area contributed by atoms with Gasteiger partial charge in [0.25, 0.3) is 0 Å². The quantitative estimate of drug-likeness (QED) is 0.386. The first kappa shape index (κ1) is 19.5. The Morgan fingerprint density at radius 2 is 1.96 bits per heavy atom. The van der Waals surface area contributed by atoms with Crippen molar-refractivity contribution in [2.45, 2.75) is 31.8 Å². The average molecular weight is 352 g/mol. The summed E-state index contributed by atoms with van der Waals surface area (Å²) in [5.74, 6) is 0.520. The zero-order chi connectivity index (χ0) is 18.8. The lowest BCUT2D eigenvalue weighted by Gasteiger charge is -2.26. The molecule has 0 spiro atoms. The molecule has 0 radical (unpaired) electrons. The number of nitriles is 1. The van der Waals surface area contributed by atoms with E-state index in [1.54, 1.807) is 0 Å². The Bertz CT molecular complexity index is 700. The molecule has 0 saturated heterocycles. The smallest absolute Gasteiger partial charge is 0.209 e. The lowest BCUT2D eigenvalue weighted by molar-refractivity contribution is 0.290. The first-order valence-electron chi connectivity index (χ1n) is 8.88. The minimum absolute atomic E-state index is 0.153. The van der Waals surface area contributed by atoms with Crippen LogP contribution < -0.4 is 10.6 Å². The molecule has 6 heteroatoms. The van der Waals surface area contributed by atoms with E-state index in [2.05, 4.69) is 76.9 Å². The van der Waals surface area contributed by atoms with Crippen LogP contribution in [-0.4, -0.2) is 48.6 Å². The second-order valence-corrected chi connectivity index (χ2v) is 6.69. The molecule has 0 saturated carbocycles. The SMILES string of the molecule is CC(Cc1ccc[nH]1)N/C(=N\C#N)NC[C@H](Cc1ccccc1)N(C)C. The van der Waals surface area contributed by atoms with Crippen molar-refractivity contribution in [3.05, 3.63) is 59.9 Å². The van der Waals surface area contributed by atoms with Crippen LogP contribution in [0.4, 0.5) is 0 Å². The largest absolute Gasteiger partial charge is 0.365 e. The molecule has 0 amide bonds. The number of aliphatic imine (C=N–C) groups is 1. The number of H-pyrrole nitrogens is 1. The van der Waals surface area contributed by atoms with Crippen molar-refractivity contribution >= 4 is 5.96 Å². The summed E-state index contributed by atoms with van der Waals surface area (Å²) in [6.07, 6.45) is 5.55. The number of benzene rings is 1. The molecule has 26 heavy (non-hydrogen) atoms. The molecule has 0 aliphatic rings. The van der Waals surface area contributed by atoms with E-state index in [-0.39, 0.29) is 6.04 Å². The van der Waals surface area contributed by atoms with Gasteiger partial charge in [-0.05, 0) is 45.1 Å². The number of hydrogen-bond acceptors (Lipinski definition) is 3. The zero-order valence-corrected chi connectivity index (χ0v) is 15.7. The van der Waals surface area contributed by atoms with E-state index in [0.29, 0.717) is 18.5 Å². The first-order valence-corrected chi connectivity index (χ1v) is 8.88. The van der Waals surface area contributed by atoms with Gasteiger partial charge >= 0.3 is 0 Å². The van der Waals surface area contributed by atoms with Crippen LogP contribution in [0.2, 0.25) is 0 Å². The van der Waals surface area contributed by atoms with Crippen molar-refractivity contribution < 1.29 is 0 Å². The molecule has 1 heterocycles. The van der Waals surface area contributed by atoms with Crippen molar-refractivity contribution in [2.75, 3.05) is 20.6 Å². The highest BCUT2D eigenvalue weighted by Crippen LogP contribution is 2.06. The number of nitrogens with one attached hydrogen (secondary N) is 3. The maximum Gasteiger partial charge on any atom is 0.209 e. The number of aromatic nitrogens is 1. The molecule has 3 N–H and O–H groups in total. The number of hydrogen-bond donors (Lipinski definition) is 3. The fraction of sp³-hybridized carbons (Fsp3) is 0.400. The summed E-state index contributed by atoms with van der Waals surface area (Å²) in [5.41, 5.74) is 2.44. The van der Waals surface area contributed by atoms with Crippen LogP contribution in [0.5, 0.6) is 0 Å². The van der Waals surface area contributed by atoms with Crippen molar-refractivity contribution in [3.63, 3.8) is 0 Å². The van der Waals surface area contributed by atoms with Gasteiger partial charge < -0.3 is 20.5 Å². The van der Waals surface area contributed by atoms with Gasteiger partial charge in [-0.2, -0.15) is 5.26 Å². The highest BCUT2D eigenvalue weighted by Gasteiger charge is 2.14. The second-order valence-electron chi connectivity index (χ2n) is 6.69. The van der Waals surface area contributed by atoms with Gasteiger partial charge in [-0.3, -0.25) is 0 Å². The Morgan fingerprint density at radius 1 is 1.19 bits per heavy atom. The Kier molecular flexibility index (Phi) is 7.72. The summed E-state index contributed by atoms with van der Waals surface area (Å²) in [6.45, 7) is 2.77. The Balaban J connectivity index is 1.91. The third-order valence-corrected chi connectivity index (χ3v) is 4.28. The fourth-order valence-electron chi connectivity index (χ4n) is 2.82. The standard InChI is InChI=1S/C20H28N6/c1-16(12-18-10-7-11-22-18)25-20(24-15-21)23-14-19(26(2)3)13-17-8-5-4-6-9-17/h4-11,16,19,22H,12-14H2,1-3H3,(H2,23,24,25)/t16?,19-/m0/s1. The topological polar surface area (TPSA) is 79.2 Å². The van der Waals surface area contributed by atoms with Gasteiger partial charge in [-0.1, -0.05) is 30.3 Å². The Hall–Kier alpha value is -2.78. The van der Waals surface area contributed by atoms with Gasteiger partial charge in [0.05, 0.1) is 0 Å². The molecule has 6 nitrogen and oxygen atoms in total. The van der Waals surface area contributed by atoms with Crippen molar-refractivity contribution in [3.8, 4) is 6.19 Å². The van der Waals surface area contributed by atoms with Gasteiger partial charge in [0, 0.05) is 36.9 Å². The number of rotatable bonds is 8. The molecule has 1 aromatic heterocycles. The van der Waals surface area contributed by atoms with Gasteiger partial charge in [-0.15, -0.1) is 4.99 Å². The van der Waals surface area contributed by atoms with E-state index in [0.717, 1.165) is 18.5 Å². The molecule has 1 aromatic carbocycles. The summed E-state index contributed by atoms with van der Waals surface area (Å²) in [5, 5.41) is 15.6. The first-order chi connectivity index (χ1) is 12.6. The summed E-state index contributed by atoms with van der Waals surface area (Å²) in [6, 6.07) is 14.9. The van der Waals surface area contributed by atoms with Crippen LogP contribution in [0, 0.1) is 11.5 Å². The van der Waals surface area contributed by atoms with Crippen LogP contribution in [0.15, 0.2) is 53.7 Å². The molecule has 0 bridgehead atoms. The van der Waals surface area contributed by atoms with Crippen LogP contribution in [0.25, 0.3) is 0 Å². The minimum Gasteiger partial charge on any atom is -0.365 e. The van der Waals surface area contributed by atoms with E-state index in [1.807, 2.05) is 24.5 Å². The van der Waals surface area contributed by atoms with E-state index >= 15 is 0 Å². The van der Waals surface area contributed by atoms with E-state index in [9.17, 15) is 0 Å². The van der Waals surface area contributed by atoms with Crippen molar-refractivity contribution in [2.24, 2.45) is 4.99 Å². The average Bonchev–Trinajstić information content (AvgIpc) is 3.12. The predicted molar refractivity (Wildman–Crippen MR) is 106 cm³/mol. The summed E-state index contributed by atoms with van der Waals surface area (Å²) >= 11 is 0. The summed E-state index contributed by atoms with van der Waals surface area (Å²) < 4.78 is 0. The third kappa shape index (κ3) is 6.61. The highest BCUT2D eigenvalue weighted by atomic mass is 15.2. The van der Waals surface area contributed by atoms with Gasteiger partial charge in [-0.25, -0.2) is 0 Å². The van der Waals surface area contributed by atoms with E-state index < -0.39 is 0 Å². The van der Waals surface area contributed by atoms with E-state index in [1.165, 1.54) is 5.56 Å². The maximum absolute atomic E-state index is 8.98. The van der Waals surface area contributed by atoms with Gasteiger partial charge in [0.2, 0.25) is 12.2 Å². The molecular formula is C20H28N6. The number of guanidine groups is 1. The van der Waals surface area contributed by atoms with Crippen LogP contribution >= 0.6 is 0 Å². The normalized spacial score (nSPS) is 13.9. The van der Waals surface area contributed by atoms with Crippen LogP contribution in [0.3, 0.4) is 0 Å². The fourth-order valence-corrected chi connectivity index (χ4v) is 2.82. The number of aromatic amines is 1. The number of likely N-dealkylation sites (N-methyl/N-ethyl adjacent to an activating group) is 1. The Morgan fingerprint density at radius 3 is 2.58 bits per heavy atom. The molecular weight excluding hydrogens is 324 g/mol.